The van der Waals surface area contributed by atoms with E-state index in [1.807, 2.05) is 6.92 Å². The van der Waals surface area contributed by atoms with E-state index in [0.717, 1.165) is 21.7 Å². The number of carbonyl (C=O) groups is 1. The van der Waals surface area contributed by atoms with E-state index >= 15 is 0 Å². The fraction of sp³-hybridized carbons (Fsp3) is 0.250. The Morgan fingerprint density at radius 1 is 1.07 bits per heavy atom. The summed E-state index contributed by atoms with van der Waals surface area (Å²) in [5, 5.41) is 0.0996. The number of alkyl halides is 3. The van der Waals surface area contributed by atoms with E-state index in [2.05, 4.69) is 0 Å². The standard InChI is InChI=1S/C20H18F3NO3S/c1-12-4-6-16(7-5-12)28(26,27)24-10-18(14(3)11-25)17-9-15(20(21,22)23)8-13(2)19(17)24/h4-11,14H,1-3H3. The van der Waals surface area contributed by atoms with Crippen molar-refractivity contribution in [3.05, 3.63) is 64.8 Å². The lowest BCUT2D eigenvalue weighted by Gasteiger charge is -2.12. The fourth-order valence-electron chi connectivity index (χ4n) is 3.17. The zero-order chi connectivity index (χ0) is 20.9. The van der Waals surface area contributed by atoms with Gasteiger partial charge < -0.3 is 4.79 Å². The Hall–Kier alpha value is -2.61. The number of rotatable bonds is 4. The van der Waals surface area contributed by atoms with Gasteiger partial charge in [-0.15, -0.1) is 0 Å². The Labute approximate surface area is 160 Å². The van der Waals surface area contributed by atoms with Gasteiger partial charge in [-0.05, 0) is 49.2 Å². The second-order valence-corrected chi connectivity index (χ2v) is 8.63. The minimum absolute atomic E-state index is 0.0135. The van der Waals surface area contributed by atoms with Crippen LogP contribution < -0.4 is 0 Å². The van der Waals surface area contributed by atoms with Crippen LogP contribution in [0.2, 0.25) is 0 Å². The van der Waals surface area contributed by atoms with Crippen LogP contribution in [-0.2, 0) is 21.0 Å². The number of aromatic nitrogens is 1. The topological polar surface area (TPSA) is 56.1 Å². The maximum Gasteiger partial charge on any atom is 0.416 e. The van der Waals surface area contributed by atoms with Crippen molar-refractivity contribution in [3.8, 4) is 0 Å². The summed E-state index contributed by atoms with van der Waals surface area (Å²) in [5.41, 5.74) is 0.511. The third-order valence-electron chi connectivity index (χ3n) is 4.69. The first-order chi connectivity index (χ1) is 13.0. The van der Waals surface area contributed by atoms with Crippen LogP contribution in [0.3, 0.4) is 0 Å². The molecule has 0 N–H and O–H groups in total. The summed E-state index contributed by atoms with van der Waals surface area (Å²) >= 11 is 0. The molecule has 1 heterocycles. The Morgan fingerprint density at radius 2 is 1.68 bits per heavy atom. The zero-order valence-electron chi connectivity index (χ0n) is 15.4. The summed E-state index contributed by atoms with van der Waals surface area (Å²) in [5.74, 6) is -0.764. The fourth-order valence-corrected chi connectivity index (χ4v) is 4.61. The molecule has 1 aromatic heterocycles. The number of carbonyl (C=O) groups excluding carboxylic acids is 1. The minimum Gasteiger partial charge on any atom is -0.303 e. The molecular formula is C20H18F3NO3S. The lowest BCUT2D eigenvalue weighted by Crippen LogP contribution is -2.13. The predicted octanol–water partition coefficient (Wildman–Crippen LogP) is 4.82. The number of aldehydes is 1. The van der Waals surface area contributed by atoms with Crippen LogP contribution in [0.15, 0.2) is 47.5 Å². The average Bonchev–Trinajstić information content (AvgIpc) is 3.01. The molecule has 0 saturated heterocycles. The third-order valence-corrected chi connectivity index (χ3v) is 6.36. The normalized spacial score (nSPS) is 13.6. The van der Waals surface area contributed by atoms with Crippen LogP contribution in [0.1, 0.15) is 35.1 Å². The van der Waals surface area contributed by atoms with Crippen molar-refractivity contribution in [2.24, 2.45) is 0 Å². The van der Waals surface area contributed by atoms with E-state index in [0.29, 0.717) is 6.29 Å². The summed E-state index contributed by atoms with van der Waals surface area (Å²) in [7, 11) is -4.05. The monoisotopic (exact) mass is 409 g/mol. The highest BCUT2D eigenvalue weighted by atomic mass is 32.2. The lowest BCUT2D eigenvalue weighted by atomic mass is 9.98. The zero-order valence-corrected chi connectivity index (χ0v) is 16.2. The van der Waals surface area contributed by atoms with Gasteiger partial charge in [-0.25, -0.2) is 12.4 Å². The van der Waals surface area contributed by atoms with Crippen molar-refractivity contribution in [3.63, 3.8) is 0 Å². The van der Waals surface area contributed by atoms with Gasteiger partial charge in [0.15, 0.2) is 0 Å². The van der Waals surface area contributed by atoms with Gasteiger partial charge in [-0.3, -0.25) is 0 Å². The van der Waals surface area contributed by atoms with Crippen molar-refractivity contribution in [2.75, 3.05) is 0 Å². The molecule has 0 aliphatic heterocycles. The molecule has 8 heteroatoms. The molecule has 0 radical (unpaired) electrons. The van der Waals surface area contributed by atoms with E-state index in [4.69, 9.17) is 0 Å². The molecule has 0 saturated carbocycles. The largest absolute Gasteiger partial charge is 0.416 e. The molecule has 1 atom stereocenters. The molecule has 148 valence electrons. The molecule has 0 fully saturated rings. The van der Waals surface area contributed by atoms with Crippen molar-refractivity contribution in [1.82, 2.24) is 3.97 Å². The molecule has 3 aromatic rings. The molecule has 28 heavy (non-hydrogen) atoms. The van der Waals surface area contributed by atoms with E-state index in [9.17, 15) is 26.4 Å². The van der Waals surface area contributed by atoms with E-state index < -0.39 is 27.7 Å². The lowest BCUT2D eigenvalue weighted by molar-refractivity contribution is -0.137. The van der Waals surface area contributed by atoms with Crippen molar-refractivity contribution in [1.29, 1.82) is 0 Å². The Kier molecular flexibility index (Phi) is 4.87. The van der Waals surface area contributed by atoms with E-state index in [1.165, 1.54) is 32.2 Å². The molecular weight excluding hydrogens is 391 g/mol. The second-order valence-electron chi connectivity index (χ2n) is 6.81. The smallest absolute Gasteiger partial charge is 0.303 e. The van der Waals surface area contributed by atoms with Gasteiger partial charge in [-0.2, -0.15) is 13.2 Å². The Balaban J connectivity index is 2.38. The number of benzene rings is 2. The average molecular weight is 409 g/mol. The molecule has 0 spiro atoms. The maximum absolute atomic E-state index is 13.3. The summed E-state index contributed by atoms with van der Waals surface area (Å²) < 4.78 is 67.1. The summed E-state index contributed by atoms with van der Waals surface area (Å²) in [6.45, 7) is 4.75. The predicted molar refractivity (Wildman–Crippen MR) is 99.9 cm³/mol. The molecule has 0 bridgehead atoms. The first-order valence-electron chi connectivity index (χ1n) is 8.47. The van der Waals surface area contributed by atoms with Crippen LogP contribution in [-0.4, -0.2) is 18.7 Å². The molecule has 1 unspecified atom stereocenters. The van der Waals surface area contributed by atoms with Crippen LogP contribution in [0.4, 0.5) is 13.2 Å². The number of hydrogen-bond donors (Lipinski definition) is 0. The minimum atomic E-state index is -4.58. The molecule has 0 aliphatic carbocycles. The molecule has 3 rings (SSSR count). The summed E-state index contributed by atoms with van der Waals surface area (Å²) in [6, 6.07) is 7.99. The Bertz CT molecular complexity index is 1160. The molecule has 0 amide bonds. The van der Waals surface area contributed by atoms with Gasteiger partial charge in [0.05, 0.1) is 16.0 Å². The quantitative estimate of drug-likeness (QED) is 0.581. The van der Waals surface area contributed by atoms with Crippen molar-refractivity contribution in [2.45, 2.75) is 37.8 Å². The summed E-state index contributed by atoms with van der Waals surface area (Å²) in [4.78, 5) is 11.3. The maximum atomic E-state index is 13.3. The molecule has 4 nitrogen and oxygen atoms in total. The van der Waals surface area contributed by atoms with E-state index in [-0.39, 0.29) is 26.9 Å². The van der Waals surface area contributed by atoms with Gasteiger partial charge in [0.2, 0.25) is 0 Å². The SMILES string of the molecule is Cc1ccc(S(=O)(=O)n2cc(C(C)C=O)c3cc(C(F)(F)F)cc(C)c32)cc1. The highest BCUT2D eigenvalue weighted by Gasteiger charge is 2.33. The van der Waals surface area contributed by atoms with Crippen molar-refractivity contribution < 1.29 is 26.4 Å². The van der Waals surface area contributed by atoms with Gasteiger partial charge in [-0.1, -0.05) is 24.6 Å². The highest BCUT2D eigenvalue weighted by Crippen LogP contribution is 2.37. The van der Waals surface area contributed by atoms with Crippen LogP contribution in [0, 0.1) is 13.8 Å². The first kappa shape index (κ1) is 20.1. The van der Waals surface area contributed by atoms with Crippen molar-refractivity contribution >= 4 is 27.2 Å². The van der Waals surface area contributed by atoms with Crippen LogP contribution in [0.5, 0.6) is 0 Å². The van der Waals surface area contributed by atoms with Gasteiger partial charge >= 0.3 is 6.18 Å². The van der Waals surface area contributed by atoms with Gasteiger partial charge in [0.1, 0.15) is 6.29 Å². The third kappa shape index (κ3) is 3.32. The number of halogens is 3. The number of nitrogens with zero attached hydrogens (tertiary/aromatic N) is 1. The van der Waals surface area contributed by atoms with Gasteiger partial charge in [0.25, 0.3) is 10.0 Å². The second kappa shape index (κ2) is 6.77. The van der Waals surface area contributed by atoms with Crippen LogP contribution in [0.25, 0.3) is 10.9 Å². The molecule has 2 aromatic carbocycles. The molecule has 0 aliphatic rings. The Morgan fingerprint density at radius 3 is 2.21 bits per heavy atom. The summed E-state index contributed by atoms with van der Waals surface area (Å²) in [6.07, 6.45) is -2.77. The number of fused-ring (bicyclic) bond motifs is 1. The number of aryl methyl sites for hydroxylation is 2. The highest BCUT2D eigenvalue weighted by molar-refractivity contribution is 7.90. The number of hydrogen-bond acceptors (Lipinski definition) is 3. The first-order valence-corrected chi connectivity index (χ1v) is 9.91. The van der Waals surface area contributed by atoms with E-state index in [1.54, 1.807) is 12.1 Å². The van der Waals surface area contributed by atoms with Gasteiger partial charge in [0, 0.05) is 17.5 Å². The van der Waals surface area contributed by atoms with Crippen LogP contribution >= 0.6 is 0 Å².